The molecule has 1 saturated carbocycles. The lowest BCUT2D eigenvalue weighted by atomic mass is 10.1. The van der Waals surface area contributed by atoms with Gasteiger partial charge in [0, 0.05) is 30.4 Å². The number of nitrogen functional groups attached to an aromatic ring is 1. The number of pyridine rings is 1. The summed E-state index contributed by atoms with van der Waals surface area (Å²) in [6.45, 7) is 2.30. The van der Waals surface area contributed by atoms with Crippen molar-refractivity contribution in [2.24, 2.45) is 5.92 Å². The van der Waals surface area contributed by atoms with Gasteiger partial charge in [-0.15, -0.1) is 0 Å². The first kappa shape index (κ1) is 11.3. The molecule has 0 radical (unpaired) electrons. The quantitative estimate of drug-likeness (QED) is 0.840. The monoisotopic (exact) mass is 241 g/mol. The SMILES string of the molecule is CC(C1CC1)N(C)c1ccnc2c(N)cccc12. The summed E-state index contributed by atoms with van der Waals surface area (Å²) in [6, 6.07) is 8.67. The summed E-state index contributed by atoms with van der Waals surface area (Å²) in [7, 11) is 2.17. The molecule has 1 fully saturated rings. The second-order valence-electron chi connectivity index (χ2n) is 5.26. The molecule has 18 heavy (non-hydrogen) atoms. The average Bonchev–Trinajstić information content (AvgIpc) is 3.21. The number of benzene rings is 1. The topological polar surface area (TPSA) is 42.2 Å². The molecule has 2 N–H and O–H groups in total. The zero-order chi connectivity index (χ0) is 12.7. The molecule has 0 bridgehead atoms. The van der Waals surface area contributed by atoms with Gasteiger partial charge in [-0.3, -0.25) is 4.98 Å². The summed E-state index contributed by atoms with van der Waals surface area (Å²) in [5.41, 5.74) is 8.88. The van der Waals surface area contributed by atoms with Crippen LogP contribution >= 0.6 is 0 Å². The van der Waals surface area contributed by atoms with E-state index in [1.54, 1.807) is 0 Å². The number of nitrogens with two attached hydrogens (primary N) is 1. The normalized spacial score (nSPS) is 16.8. The fourth-order valence-electron chi connectivity index (χ4n) is 2.61. The minimum atomic E-state index is 0.581. The van der Waals surface area contributed by atoms with Crippen LogP contribution in [-0.4, -0.2) is 18.1 Å². The van der Waals surface area contributed by atoms with Crippen molar-refractivity contribution in [2.75, 3.05) is 17.7 Å². The van der Waals surface area contributed by atoms with E-state index >= 15 is 0 Å². The second kappa shape index (κ2) is 4.16. The van der Waals surface area contributed by atoms with Crippen LogP contribution in [0.1, 0.15) is 19.8 Å². The summed E-state index contributed by atoms with van der Waals surface area (Å²) in [5, 5.41) is 1.15. The third-order valence-corrected chi connectivity index (χ3v) is 4.07. The minimum Gasteiger partial charge on any atom is -0.397 e. The van der Waals surface area contributed by atoms with Gasteiger partial charge in [0.1, 0.15) is 0 Å². The number of nitrogens with zero attached hydrogens (tertiary/aromatic N) is 2. The molecule has 1 atom stereocenters. The lowest BCUT2D eigenvalue weighted by molar-refractivity contribution is 0.610. The fraction of sp³-hybridized carbons (Fsp3) is 0.400. The van der Waals surface area contributed by atoms with Gasteiger partial charge < -0.3 is 10.6 Å². The Bertz CT molecular complexity index is 575. The van der Waals surface area contributed by atoms with Crippen LogP contribution in [-0.2, 0) is 0 Å². The van der Waals surface area contributed by atoms with Gasteiger partial charge in [0.2, 0.25) is 0 Å². The number of anilines is 2. The first-order valence-corrected chi connectivity index (χ1v) is 6.54. The Kier molecular flexibility index (Phi) is 2.62. The van der Waals surface area contributed by atoms with Crippen LogP contribution in [0.15, 0.2) is 30.5 Å². The van der Waals surface area contributed by atoms with Crippen LogP contribution in [0.4, 0.5) is 11.4 Å². The fourth-order valence-corrected chi connectivity index (χ4v) is 2.61. The van der Waals surface area contributed by atoms with Crippen molar-refractivity contribution in [2.45, 2.75) is 25.8 Å². The molecule has 1 unspecified atom stereocenters. The Morgan fingerprint density at radius 1 is 1.33 bits per heavy atom. The van der Waals surface area contributed by atoms with Gasteiger partial charge in [0.05, 0.1) is 11.2 Å². The van der Waals surface area contributed by atoms with Crippen LogP contribution in [0.25, 0.3) is 10.9 Å². The van der Waals surface area contributed by atoms with Crippen molar-refractivity contribution < 1.29 is 0 Å². The van der Waals surface area contributed by atoms with Crippen molar-refractivity contribution in [1.29, 1.82) is 0 Å². The number of aromatic nitrogens is 1. The molecule has 0 spiro atoms. The van der Waals surface area contributed by atoms with Crippen LogP contribution in [0.3, 0.4) is 0 Å². The summed E-state index contributed by atoms with van der Waals surface area (Å²) in [6.07, 6.45) is 4.57. The van der Waals surface area contributed by atoms with E-state index in [4.69, 9.17) is 5.73 Å². The molecular weight excluding hydrogens is 222 g/mol. The van der Waals surface area contributed by atoms with Crippen LogP contribution in [0, 0.1) is 5.92 Å². The van der Waals surface area contributed by atoms with Gasteiger partial charge in [-0.25, -0.2) is 0 Å². The van der Waals surface area contributed by atoms with E-state index in [-0.39, 0.29) is 0 Å². The van der Waals surface area contributed by atoms with Crippen LogP contribution in [0.5, 0.6) is 0 Å². The molecule has 0 saturated heterocycles. The molecule has 3 nitrogen and oxygen atoms in total. The van der Waals surface area contributed by atoms with Crippen molar-refractivity contribution >= 4 is 22.3 Å². The van der Waals surface area contributed by atoms with Crippen LogP contribution in [0.2, 0.25) is 0 Å². The smallest absolute Gasteiger partial charge is 0.0951 e. The minimum absolute atomic E-state index is 0.581. The van der Waals surface area contributed by atoms with E-state index in [0.717, 1.165) is 22.5 Å². The predicted molar refractivity (Wildman–Crippen MR) is 76.7 cm³/mol. The van der Waals surface area contributed by atoms with E-state index in [9.17, 15) is 0 Å². The third kappa shape index (κ3) is 1.80. The molecule has 1 aliphatic carbocycles. The lowest BCUT2D eigenvalue weighted by Crippen LogP contribution is -2.30. The zero-order valence-electron chi connectivity index (χ0n) is 10.9. The molecular formula is C15H19N3. The number of fused-ring (bicyclic) bond motifs is 1. The van der Waals surface area contributed by atoms with Crippen molar-refractivity contribution in [3.05, 3.63) is 30.5 Å². The highest BCUT2D eigenvalue weighted by molar-refractivity contribution is 5.98. The van der Waals surface area contributed by atoms with Gasteiger partial charge >= 0.3 is 0 Å². The number of para-hydroxylation sites is 1. The molecule has 0 amide bonds. The molecule has 0 aliphatic heterocycles. The van der Waals surface area contributed by atoms with Crippen molar-refractivity contribution in [3.63, 3.8) is 0 Å². The van der Waals surface area contributed by atoms with Crippen molar-refractivity contribution in [3.8, 4) is 0 Å². The molecule has 1 heterocycles. The molecule has 1 aromatic carbocycles. The Morgan fingerprint density at radius 3 is 2.83 bits per heavy atom. The molecule has 3 heteroatoms. The van der Waals surface area contributed by atoms with E-state index < -0.39 is 0 Å². The van der Waals surface area contributed by atoms with E-state index in [1.807, 2.05) is 18.3 Å². The largest absolute Gasteiger partial charge is 0.397 e. The highest BCUT2D eigenvalue weighted by atomic mass is 15.1. The van der Waals surface area contributed by atoms with Gasteiger partial charge in [-0.2, -0.15) is 0 Å². The molecule has 1 aromatic heterocycles. The van der Waals surface area contributed by atoms with Gasteiger partial charge in [0.25, 0.3) is 0 Å². The Hall–Kier alpha value is -1.77. The summed E-state index contributed by atoms with van der Waals surface area (Å²) < 4.78 is 0. The Morgan fingerprint density at radius 2 is 2.11 bits per heavy atom. The Labute approximate surface area is 108 Å². The van der Waals surface area contributed by atoms with E-state index in [0.29, 0.717) is 6.04 Å². The Balaban J connectivity index is 2.08. The number of rotatable bonds is 3. The average molecular weight is 241 g/mol. The maximum absolute atomic E-state index is 5.99. The van der Waals surface area contributed by atoms with Crippen molar-refractivity contribution in [1.82, 2.24) is 4.98 Å². The van der Waals surface area contributed by atoms with Gasteiger partial charge in [-0.05, 0) is 37.8 Å². The standard InChI is InChI=1S/C15H19N3/c1-10(11-6-7-11)18(2)14-8-9-17-15-12(14)4-3-5-13(15)16/h3-5,8-11H,6-7,16H2,1-2H3. The van der Waals surface area contributed by atoms with Gasteiger partial charge in [-0.1, -0.05) is 12.1 Å². The molecule has 3 rings (SSSR count). The van der Waals surface area contributed by atoms with Gasteiger partial charge in [0.15, 0.2) is 0 Å². The van der Waals surface area contributed by atoms with E-state index in [1.165, 1.54) is 18.5 Å². The third-order valence-electron chi connectivity index (χ3n) is 4.07. The number of hydrogen-bond acceptors (Lipinski definition) is 3. The highest BCUT2D eigenvalue weighted by Gasteiger charge is 2.31. The number of hydrogen-bond donors (Lipinski definition) is 1. The first-order valence-electron chi connectivity index (χ1n) is 6.54. The molecule has 94 valence electrons. The maximum Gasteiger partial charge on any atom is 0.0951 e. The lowest BCUT2D eigenvalue weighted by Gasteiger charge is -2.28. The second-order valence-corrected chi connectivity index (χ2v) is 5.26. The highest BCUT2D eigenvalue weighted by Crippen LogP contribution is 2.38. The first-order chi connectivity index (χ1) is 8.68. The molecule has 1 aliphatic rings. The molecule has 2 aromatic rings. The van der Waals surface area contributed by atoms with Crippen LogP contribution < -0.4 is 10.6 Å². The summed E-state index contributed by atoms with van der Waals surface area (Å²) in [5.74, 6) is 0.847. The summed E-state index contributed by atoms with van der Waals surface area (Å²) in [4.78, 5) is 6.75. The summed E-state index contributed by atoms with van der Waals surface area (Å²) >= 11 is 0. The van der Waals surface area contributed by atoms with E-state index in [2.05, 4.69) is 36.0 Å². The predicted octanol–water partition coefficient (Wildman–Crippen LogP) is 3.05. The maximum atomic E-state index is 5.99. The zero-order valence-corrected chi connectivity index (χ0v) is 10.9.